The number of nitrogens with zero attached hydrogens (tertiary/aromatic N) is 3. The number of carbonyl (C=O) groups excluding carboxylic acids is 1. The fraction of sp³-hybridized carbons (Fsp3) is 0.800. The topological polar surface area (TPSA) is 97.3 Å². The average Bonchev–Trinajstić information content (AvgIpc) is 2.93. The highest BCUT2D eigenvalue weighted by atomic mass is 16.5. The third kappa shape index (κ3) is 4.51. The van der Waals surface area contributed by atoms with Gasteiger partial charge in [0.15, 0.2) is 5.82 Å². The number of piperidine rings is 1. The van der Waals surface area contributed by atoms with Gasteiger partial charge in [0.25, 0.3) is 0 Å². The van der Waals surface area contributed by atoms with Crippen molar-refractivity contribution in [2.75, 3.05) is 26.2 Å². The van der Waals surface area contributed by atoms with Gasteiger partial charge >= 0.3 is 0 Å². The number of aromatic nitrogens is 2. The first-order chi connectivity index (χ1) is 10.4. The van der Waals surface area contributed by atoms with Crippen LogP contribution in [0.1, 0.15) is 45.3 Å². The van der Waals surface area contributed by atoms with Crippen molar-refractivity contribution in [3.05, 3.63) is 11.7 Å². The van der Waals surface area contributed by atoms with Gasteiger partial charge < -0.3 is 15.6 Å². The summed E-state index contributed by atoms with van der Waals surface area (Å²) in [4.78, 5) is 18.7. The van der Waals surface area contributed by atoms with Crippen LogP contribution in [0.15, 0.2) is 4.52 Å². The highest BCUT2D eigenvalue weighted by Crippen LogP contribution is 2.21. The number of nitrogens with two attached hydrogens (primary N) is 1. The Kier molecular flexibility index (Phi) is 5.52. The molecule has 1 saturated heterocycles. The maximum absolute atomic E-state index is 12.0. The molecule has 124 valence electrons. The lowest BCUT2D eigenvalue weighted by molar-refractivity contribution is -0.126. The summed E-state index contributed by atoms with van der Waals surface area (Å²) in [7, 11) is 0. The van der Waals surface area contributed by atoms with Gasteiger partial charge in [-0.05, 0) is 19.4 Å². The van der Waals surface area contributed by atoms with E-state index >= 15 is 0 Å². The van der Waals surface area contributed by atoms with Crippen LogP contribution in [0.3, 0.4) is 0 Å². The number of nitrogens with one attached hydrogen (secondary N) is 1. The molecular formula is C15H27N5O2. The van der Waals surface area contributed by atoms with Gasteiger partial charge in [-0.3, -0.25) is 9.69 Å². The first kappa shape index (κ1) is 16.9. The van der Waals surface area contributed by atoms with E-state index in [0.717, 1.165) is 31.8 Å². The molecule has 1 aliphatic heterocycles. The fourth-order valence-electron chi connectivity index (χ4n) is 2.57. The number of rotatable bonds is 5. The number of hydrogen-bond acceptors (Lipinski definition) is 6. The summed E-state index contributed by atoms with van der Waals surface area (Å²) < 4.78 is 5.33. The van der Waals surface area contributed by atoms with Crippen LogP contribution < -0.4 is 11.1 Å². The highest BCUT2D eigenvalue weighted by molar-refractivity contribution is 5.78. The molecule has 1 aromatic rings. The predicted molar refractivity (Wildman–Crippen MR) is 83.1 cm³/mol. The van der Waals surface area contributed by atoms with Crippen molar-refractivity contribution < 1.29 is 9.32 Å². The summed E-state index contributed by atoms with van der Waals surface area (Å²) in [6.07, 6.45) is 1.92. The Bertz CT molecular complexity index is 494. The van der Waals surface area contributed by atoms with Crippen LogP contribution in [0.4, 0.5) is 0 Å². The van der Waals surface area contributed by atoms with E-state index in [9.17, 15) is 4.79 Å². The molecule has 3 N–H and O–H groups in total. The van der Waals surface area contributed by atoms with E-state index in [1.165, 1.54) is 0 Å². The Balaban J connectivity index is 1.90. The molecule has 0 radical (unpaired) electrons. The maximum Gasteiger partial charge on any atom is 0.240 e. The minimum atomic E-state index is -0.117. The van der Waals surface area contributed by atoms with Gasteiger partial charge in [-0.15, -0.1) is 0 Å². The molecule has 22 heavy (non-hydrogen) atoms. The summed E-state index contributed by atoms with van der Waals surface area (Å²) in [5, 5.41) is 6.91. The van der Waals surface area contributed by atoms with E-state index in [1.807, 2.05) is 0 Å². The smallest absolute Gasteiger partial charge is 0.240 e. The van der Waals surface area contributed by atoms with Gasteiger partial charge in [-0.25, -0.2) is 0 Å². The van der Waals surface area contributed by atoms with Gasteiger partial charge in [-0.2, -0.15) is 4.98 Å². The number of carbonyl (C=O) groups is 1. The molecule has 7 heteroatoms. The SMILES string of the molecule is CC(C)(C)c1noc(CN2CCCC(C(=O)NCCN)C2)n1. The van der Waals surface area contributed by atoms with E-state index in [2.05, 4.69) is 41.1 Å². The maximum atomic E-state index is 12.0. The molecule has 1 atom stereocenters. The number of likely N-dealkylation sites (tertiary alicyclic amines) is 1. The van der Waals surface area contributed by atoms with E-state index in [-0.39, 0.29) is 17.2 Å². The molecule has 2 rings (SSSR count). The third-order valence-corrected chi connectivity index (χ3v) is 3.82. The van der Waals surface area contributed by atoms with Gasteiger partial charge in [0.2, 0.25) is 11.8 Å². The monoisotopic (exact) mass is 309 g/mol. The standard InChI is InChI=1S/C15H27N5O2/c1-15(2,3)14-18-12(22-19-14)10-20-8-4-5-11(9-20)13(21)17-7-6-16/h11H,4-10,16H2,1-3H3,(H,17,21). The van der Waals surface area contributed by atoms with Gasteiger partial charge in [0.05, 0.1) is 12.5 Å². The third-order valence-electron chi connectivity index (χ3n) is 3.82. The molecule has 0 spiro atoms. The predicted octanol–water partition coefficient (Wildman–Crippen LogP) is 0.654. The van der Waals surface area contributed by atoms with E-state index in [0.29, 0.717) is 25.5 Å². The summed E-state index contributed by atoms with van der Waals surface area (Å²) in [6, 6.07) is 0. The van der Waals surface area contributed by atoms with Crippen LogP contribution in [0.2, 0.25) is 0 Å². The van der Waals surface area contributed by atoms with E-state index in [4.69, 9.17) is 10.3 Å². The van der Waals surface area contributed by atoms with Crippen LogP contribution in [0.5, 0.6) is 0 Å². The quantitative estimate of drug-likeness (QED) is 0.829. The Labute approximate surface area is 131 Å². The van der Waals surface area contributed by atoms with Gasteiger partial charge in [-0.1, -0.05) is 25.9 Å². The molecular weight excluding hydrogens is 282 g/mol. The zero-order chi connectivity index (χ0) is 16.2. The van der Waals surface area contributed by atoms with Crippen LogP contribution in [-0.2, 0) is 16.8 Å². The van der Waals surface area contributed by atoms with Gasteiger partial charge in [0.1, 0.15) is 0 Å². The van der Waals surface area contributed by atoms with E-state index < -0.39 is 0 Å². The molecule has 0 saturated carbocycles. The van der Waals surface area contributed by atoms with Crippen molar-refractivity contribution in [1.82, 2.24) is 20.4 Å². The van der Waals surface area contributed by atoms with Crippen molar-refractivity contribution in [3.8, 4) is 0 Å². The fourth-order valence-corrected chi connectivity index (χ4v) is 2.57. The largest absolute Gasteiger partial charge is 0.355 e. The molecule has 0 bridgehead atoms. The molecule has 0 aliphatic carbocycles. The molecule has 1 aromatic heterocycles. The molecule has 1 amide bonds. The Morgan fingerprint density at radius 3 is 2.91 bits per heavy atom. The lowest BCUT2D eigenvalue weighted by Crippen LogP contribution is -2.43. The van der Waals surface area contributed by atoms with Gasteiger partial charge in [0, 0.05) is 25.0 Å². The Hall–Kier alpha value is -1.47. The molecule has 0 aromatic carbocycles. The highest BCUT2D eigenvalue weighted by Gasteiger charge is 2.27. The zero-order valence-corrected chi connectivity index (χ0v) is 13.8. The van der Waals surface area contributed by atoms with Crippen LogP contribution >= 0.6 is 0 Å². The molecule has 2 heterocycles. The Morgan fingerprint density at radius 2 is 2.27 bits per heavy atom. The van der Waals surface area contributed by atoms with Crippen molar-refractivity contribution in [1.29, 1.82) is 0 Å². The van der Waals surface area contributed by atoms with Crippen LogP contribution in [-0.4, -0.2) is 47.1 Å². The minimum Gasteiger partial charge on any atom is -0.355 e. The molecule has 1 fully saturated rings. The first-order valence-electron chi connectivity index (χ1n) is 7.93. The summed E-state index contributed by atoms with van der Waals surface area (Å²) in [5.41, 5.74) is 5.30. The second-order valence-corrected chi connectivity index (χ2v) is 6.92. The zero-order valence-electron chi connectivity index (χ0n) is 13.8. The minimum absolute atomic E-state index is 0.0188. The molecule has 1 aliphatic rings. The normalized spacial score (nSPS) is 20.1. The second-order valence-electron chi connectivity index (χ2n) is 6.92. The van der Waals surface area contributed by atoms with Crippen molar-refractivity contribution in [3.63, 3.8) is 0 Å². The number of hydrogen-bond donors (Lipinski definition) is 2. The lowest BCUT2D eigenvalue weighted by Gasteiger charge is -2.30. The summed E-state index contributed by atoms with van der Waals surface area (Å²) >= 11 is 0. The Morgan fingerprint density at radius 1 is 1.50 bits per heavy atom. The summed E-state index contributed by atoms with van der Waals surface area (Å²) in [6.45, 7) is 9.45. The number of amides is 1. The van der Waals surface area contributed by atoms with Crippen LogP contribution in [0.25, 0.3) is 0 Å². The first-order valence-corrected chi connectivity index (χ1v) is 7.93. The van der Waals surface area contributed by atoms with Crippen LogP contribution in [0, 0.1) is 5.92 Å². The van der Waals surface area contributed by atoms with E-state index in [1.54, 1.807) is 0 Å². The molecule has 1 unspecified atom stereocenters. The van der Waals surface area contributed by atoms with Crippen molar-refractivity contribution in [2.24, 2.45) is 11.7 Å². The van der Waals surface area contributed by atoms with Crippen molar-refractivity contribution in [2.45, 2.75) is 45.6 Å². The average molecular weight is 309 g/mol. The second kappa shape index (κ2) is 7.19. The van der Waals surface area contributed by atoms with Crippen molar-refractivity contribution >= 4 is 5.91 Å². The summed E-state index contributed by atoms with van der Waals surface area (Å²) in [5.74, 6) is 1.45. The molecule has 7 nitrogen and oxygen atoms in total. The lowest BCUT2D eigenvalue weighted by atomic mass is 9.96.